The molecule has 1 fully saturated rings. The van der Waals surface area contributed by atoms with Crippen molar-refractivity contribution < 1.29 is 18.9 Å². The molecule has 1 saturated heterocycles. The molecular weight excluding hydrogens is 428 g/mol. The fourth-order valence-corrected chi connectivity index (χ4v) is 5.44. The fourth-order valence-electron chi connectivity index (χ4n) is 5.44. The summed E-state index contributed by atoms with van der Waals surface area (Å²) < 4.78 is 22.3. The maximum Gasteiger partial charge on any atom is 0.161 e. The topological polar surface area (TPSA) is 64.0 Å². The number of methoxy groups -OCH3 is 3. The average Bonchev–Trinajstić information content (AvgIpc) is 3.01. The molecule has 2 unspecified atom stereocenters. The maximum atomic E-state index is 10.3. The minimum Gasteiger partial charge on any atom is -0.501 e. The summed E-state index contributed by atoms with van der Waals surface area (Å²) in [6.07, 6.45) is 7.65. The molecule has 0 radical (unpaired) electrons. The quantitative estimate of drug-likeness (QED) is 0.561. The largest absolute Gasteiger partial charge is 0.501 e. The van der Waals surface area contributed by atoms with Crippen LogP contribution in [0.5, 0.6) is 11.5 Å². The minimum atomic E-state index is 0.283. The fraction of sp³-hybridized carbons (Fsp3) is 0.536. The zero-order valence-corrected chi connectivity index (χ0v) is 20.9. The summed E-state index contributed by atoms with van der Waals surface area (Å²) >= 11 is 0. The van der Waals surface area contributed by atoms with E-state index in [1.54, 1.807) is 21.3 Å². The Morgan fingerprint density at radius 2 is 1.76 bits per heavy atom. The van der Waals surface area contributed by atoms with Gasteiger partial charge in [-0.25, -0.2) is 0 Å². The SMILES string of the molecule is COC1=CC=C(C2=C(C#N)CC(CCN3CCOCC3)C(C)c3cc(OC)c(OC)cc32)CC1. The van der Waals surface area contributed by atoms with Crippen LogP contribution in [-0.2, 0) is 9.47 Å². The Morgan fingerprint density at radius 3 is 2.38 bits per heavy atom. The third-order valence-electron chi connectivity index (χ3n) is 7.54. The highest BCUT2D eigenvalue weighted by Gasteiger charge is 2.32. The van der Waals surface area contributed by atoms with E-state index in [4.69, 9.17) is 18.9 Å². The molecule has 3 aliphatic rings. The van der Waals surface area contributed by atoms with Gasteiger partial charge < -0.3 is 18.9 Å². The Balaban J connectivity index is 1.78. The van der Waals surface area contributed by atoms with Crippen molar-refractivity contribution in [2.45, 2.75) is 38.5 Å². The van der Waals surface area contributed by atoms with E-state index in [0.29, 0.717) is 11.7 Å². The van der Waals surface area contributed by atoms with Crippen molar-refractivity contribution in [1.82, 2.24) is 4.90 Å². The summed E-state index contributed by atoms with van der Waals surface area (Å²) in [7, 11) is 5.06. The highest BCUT2D eigenvalue weighted by atomic mass is 16.5. The maximum absolute atomic E-state index is 10.3. The zero-order valence-electron chi connectivity index (χ0n) is 20.9. The normalized spacial score (nSPS) is 23.3. The lowest BCUT2D eigenvalue weighted by Crippen LogP contribution is -2.37. The second-order valence-electron chi connectivity index (χ2n) is 9.28. The third kappa shape index (κ3) is 5.01. The first-order chi connectivity index (χ1) is 16.6. The predicted octanol–water partition coefficient (Wildman–Crippen LogP) is 5.08. The molecule has 0 aromatic heterocycles. The monoisotopic (exact) mass is 464 g/mol. The van der Waals surface area contributed by atoms with Gasteiger partial charge in [-0.3, -0.25) is 4.90 Å². The summed E-state index contributed by atoms with van der Waals surface area (Å²) in [4.78, 5) is 2.48. The van der Waals surface area contributed by atoms with Crippen molar-refractivity contribution in [3.05, 3.63) is 52.3 Å². The van der Waals surface area contributed by atoms with Crippen molar-refractivity contribution in [3.8, 4) is 17.6 Å². The van der Waals surface area contributed by atoms with Crippen LogP contribution in [0.3, 0.4) is 0 Å². The minimum absolute atomic E-state index is 0.283. The molecule has 1 heterocycles. The number of hydrogen-bond donors (Lipinski definition) is 0. The second kappa shape index (κ2) is 11.1. The van der Waals surface area contributed by atoms with Crippen LogP contribution >= 0.6 is 0 Å². The molecule has 1 aliphatic heterocycles. The van der Waals surface area contributed by atoms with Gasteiger partial charge in [0.05, 0.1) is 46.4 Å². The van der Waals surface area contributed by atoms with E-state index in [1.165, 1.54) is 11.1 Å². The summed E-state index contributed by atoms with van der Waals surface area (Å²) in [5.41, 5.74) is 5.44. The van der Waals surface area contributed by atoms with Crippen molar-refractivity contribution in [3.63, 3.8) is 0 Å². The molecule has 6 nitrogen and oxygen atoms in total. The Hall–Kier alpha value is -2.75. The van der Waals surface area contributed by atoms with E-state index in [2.05, 4.69) is 36.1 Å². The van der Waals surface area contributed by atoms with Gasteiger partial charge in [-0.15, -0.1) is 0 Å². The number of allylic oxidation sites excluding steroid dienone is 6. The molecule has 6 heteroatoms. The van der Waals surface area contributed by atoms with Gasteiger partial charge in [0.15, 0.2) is 11.5 Å². The molecule has 0 spiro atoms. The van der Waals surface area contributed by atoms with Gasteiger partial charge in [-0.2, -0.15) is 5.26 Å². The molecule has 1 aromatic carbocycles. The van der Waals surface area contributed by atoms with Crippen molar-refractivity contribution in [2.75, 3.05) is 54.2 Å². The van der Waals surface area contributed by atoms with Crippen LogP contribution in [0.1, 0.15) is 49.7 Å². The number of rotatable bonds is 7. The van der Waals surface area contributed by atoms with Gasteiger partial charge >= 0.3 is 0 Å². The van der Waals surface area contributed by atoms with Gasteiger partial charge in [0.2, 0.25) is 0 Å². The average molecular weight is 465 g/mol. The standard InChI is InChI=1S/C28H36N2O4/c1-19-21(9-10-30-11-13-34-14-12-30)15-22(18-29)28(20-5-7-23(31-2)8-6-20)25-17-27(33-4)26(32-3)16-24(19)25/h5,7,16-17,19,21H,6,8-15H2,1-4H3. The number of nitriles is 1. The van der Waals surface area contributed by atoms with E-state index in [9.17, 15) is 5.26 Å². The Bertz CT molecular complexity index is 1030. The molecule has 0 saturated carbocycles. The van der Waals surface area contributed by atoms with Gasteiger partial charge in [0, 0.05) is 25.1 Å². The molecule has 0 bridgehead atoms. The first-order valence-electron chi connectivity index (χ1n) is 12.2. The Kier molecular flexibility index (Phi) is 7.97. The number of ether oxygens (including phenoxy) is 4. The highest BCUT2D eigenvalue weighted by molar-refractivity contribution is 5.87. The Morgan fingerprint density at radius 1 is 1.03 bits per heavy atom. The summed E-state index contributed by atoms with van der Waals surface area (Å²) in [5, 5.41) is 10.3. The molecule has 2 atom stereocenters. The lowest BCUT2D eigenvalue weighted by Gasteiger charge is -2.30. The first-order valence-corrected chi connectivity index (χ1v) is 12.2. The number of fused-ring (bicyclic) bond motifs is 1. The summed E-state index contributed by atoms with van der Waals surface area (Å²) in [6.45, 7) is 6.89. The van der Waals surface area contributed by atoms with Crippen LogP contribution in [0.25, 0.3) is 5.57 Å². The van der Waals surface area contributed by atoms with E-state index in [-0.39, 0.29) is 5.92 Å². The first kappa shape index (κ1) is 24.4. The number of nitrogens with zero attached hydrogens (tertiary/aromatic N) is 2. The van der Waals surface area contributed by atoms with Crippen LogP contribution < -0.4 is 9.47 Å². The van der Waals surface area contributed by atoms with Crippen LogP contribution in [-0.4, -0.2) is 59.1 Å². The van der Waals surface area contributed by atoms with Gasteiger partial charge in [-0.05, 0) is 78.1 Å². The number of benzene rings is 1. The van der Waals surface area contributed by atoms with E-state index < -0.39 is 0 Å². The summed E-state index contributed by atoms with van der Waals surface area (Å²) in [5.74, 6) is 3.05. The second-order valence-corrected chi connectivity index (χ2v) is 9.28. The molecule has 0 amide bonds. The van der Waals surface area contributed by atoms with E-state index in [0.717, 1.165) is 86.7 Å². The van der Waals surface area contributed by atoms with Crippen molar-refractivity contribution >= 4 is 5.57 Å². The van der Waals surface area contributed by atoms with E-state index >= 15 is 0 Å². The smallest absolute Gasteiger partial charge is 0.161 e. The number of morpholine rings is 1. The molecular formula is C28H36N2O4. The number of hydrogen-bond acceptors (Lipinski definition) is 6. The van der Waals surface area contributed by atoms with Crippen LogP contribution in [0, 0.1) is 17.2 Å². The van der Waals surface area contributed by atoms with Gasteiger partial charge in [0.1, 0.15) is 0 Å². The molecule has 182 valence electrons. The lowest BCUT2D eigenvalue weighted by molar-refractivity contribution is 0.0349. The van der Waals surface area contributed by atoms with Gasteiger partial charge in [0.25, 0.3) is 0 Å². The lowest BCUT2D eigenvalue weighted by atomic mass is 9.81. The van der Waals surface area contributed by atoms with E-state index in [1.807, 2.05) is 6.08 Å². The highest BCUT2D eigenvalue weighted by Crippen LogP contribution is 2.48. The Labute approximate surface area is 203 Å². The van der Waals surface area contributed by atoms with Crippen LogP contribution in [0.4, 0.5) is 0 Å². The van der Waals surface area contributed by atoms with Crippen molar-refractivity contribution in [1.29, 1.82) is 5.26 Å². The zero-order chi connectivity index (χ0) is 24.1. The van der Waals surface area contributed by atoms with Crippen LogP contribution in [0.15, 0.2) is 41.2 Å². The van der Waals surface area contributed by atoms with Crippen molar-refractivity contribution in [2.24, 2.45) is 5.92 Å². The predicted molar refractivity (Wildman–Crippen MR) is 133 cm³/mol. The molecule has 1 aromatic rings. The van der Waals surface area contributed by atoms with Gasteiger partial charge in [-0.1, -0.05) is 13.0 Å². The molecule has 4 rings (SSSR count). The molecule has 2 aliphatic carbocycles. The van der Waals surface area contributed by atoms with Crippen LogP contribution in [0.2, 0.25) is 0 Å². The molecule has 0 N–H and O–H groups in total. The molecule has 34 heavy (non-hydrogen) atoms. The summed E-state index contributed by atoms with van der Waals surface area (Å²) in [6, 6.07) is 6.79. The third-order valence-corrected chi connectivity index (χ3v) is 7.54.